The van der Waals surface area contributed by atoms with E-state index in [1.165, 1.54) is 63.9 Å². The van der Waals surface area contributed by atoms with Crippen molar-refractivity contribution in [1.29, 1.82) is 0 Å². The molecule has 0 aromatic carbocycles. The lowest BCUT2D eigenvalue weighted by Gasteiger charge is -2.04. The van der Waals surface area contributed by atoms with Crippen molar-refractivity contribution in [2.24, 2.45) is 0 Å². The second-order valence-corrected chi connectivity index (χ2v) is 10.2. The van der Waals surface area contributed by atoms with Gasteiger partial charge in [-0.3, -0.25) is 0 Å². The van der Waals surface area contributed by atoms with Crippen molar-refractivity contribution in [3.05, 3.63) is 0 Å². The summed E-state index contributed by atoms with van der Waals surface area (Å²) in [6.45, 7) is 1.11. The van der Waals surface area contributed by atoms with E-state index in [1.54, 1.807) is 0 Å². The Bertz CT molecular complexity index is 444. The number of sulfonamides is 2. The molecule has 0 heterocycles. The molecule has 0 unspecified atom stereocenters. The number of unbranched alkanes of at least 4 members (excludes halogenated alkanes) is 11. The molecule has 6 nitrogen and oxygen atoms in total. The maximum absolute atomic E-state index is 10.9. The third-order valence-corrected chi connectivity index (χ3v) is 5.29. The first-order valence-corrected chi connectivity index (χ1v) is 12.9. The highest BCUT2D eigenvalue weighted by atomic mass is 32.2. The normalized spacial score (nSPS) is 12.6. The molecule has 146 valence electrons. The van der Waals surface area contributed by atoms with Crippen LogP contribution in [0.1, 0.15) is 77.0 Å². The van der Waals surface area contributed by atoms with Gasteiger partial charge >= 0.3 is 0 Å². The lowest BCUT2D eigenvalue weighted by atomic mass is 10.1. The van der Waals surface area contributed by atoms with E-state index in [9.17, 15) is 16.8 Å². The van der Waals surface area contributed by atoms with Crippen LogP contribution in [0, 0.1) is 0 Å². The summed E-state index contributed by atoms with van der Waals surface area (Å²) in [7, 11) is -6.06. The molecule has 0 aliphatic rings. The van der Waals surface area contributed by atoms with Crippen LogP contribution >= 0.6 is 0 Å². The highest BCUT2D eigenvalue weighted by molar-refractivity contribution is 7.89. The molecule has 0 aliphatic carbocycles. The summed E-state index contributed by atoms with van der Waals surface area (Å²) in [6, 6.07) is 0. The highest BCUT2D eigenvalue weighted by Crippen LogP contribution is 2.11. The van der Waals surface area contributed by atoms with Gasteiger partial charge in [-0.2, -0.15) is 0 Å². The number of hydrogen-bond donors (Lipinski definition) is 2. The summed E-state index contributed by atoms with van der Waals surface area (Å²) >= 11 is 0. The maximum Gasteiger partial charge on any atom is 0.208 e. The van der Waals surface area contributed by atoms with E-state index in [4.69, 9.17) is 0 Å². The minimum absolute atomic E-state index is 0.554. The Hall–Kier alpha value is -0.180. The molecule has 0 bridgehead atoms. The molecule has 0 aromatic rings. The Labute approximate surface area is 149 Å². The second kappa shape index (κ2) is 14.0. The van der Waals surface area contributed by atoms with E-state index in [0.717, 1.165) is 25.7 Å². The molecular weight excluding hydrogens is 348 g/mol. The van der Waals surface area contributed by atoms with Gasteiger partial charge in [-0.15, -0.1) is 0 Å². The van der Waals surface area contributed by atoms with Crippen molar-refractivity contribution in [3.8, 4) is 0 Å². The van der Waals surface area contributed by atoms with Crippen molar-refractivity contribution < 1.29 is 16.8 Å². The minimum Gasteiger partial charge on any atom is -0.215 e. The topological polar surface area (TPSA) is 92.3 Å². The Morgan fingerprint density at radius 3 is 0.875 bits per heavy atom. The van der Waals surface area contributed by atoms with Crippen LogP contribution in [0.4, 0.5) is 0 Å². The van der Waals surface area contributed by atoms with Crippen LogP contribution in [0.5, 0.6) is 0 Å². The standard InChI is InChI=1S/C16H36N2O4S2/c1-23(19,20)17-15-13-11-9-7-5-3-4-6-8-10-12-14-16-18-24(2,21)22/h17-18H,3-16H2,1-2H3. The fraction of sp³-hybridized carbons (Fsp3) is 1.00. The summed E-state index contributed by atoms with van der Waals surface area (Å²) in [5.74, 6) is 0. The molecule has 0 saturated carbocycles. The summed E-state index contributed by atoms with van der Waals surface area (Å²) in [5.41, 5.74) is 0. The van der Waals surface area contributed by atoms with Gasteiger partial charge in [0, 0.05) is 13.1 Å². The lowest BCUT2D eigenvalue weighted by molar-refractivity contribution is 0.535. The smallest absolute Gasteiger partial charge is 0.208 e. The largest absolute Gasteiger partial charge is 0.215 e. The highest BCUT2D eigenvalue weighted by Gasteiger charge is 1.99. The fourth-order valence-electron chi connectivity index (χ4n) is 2.53. The molecule has 0 saturated heterocycles. The summed E-state index contributed by atoms with van der Waals surface area (Å²) < 4.78 is 48.5. The molecule has 2 N–H and O–H groups in total. The van der Waals surface area contributed by atoms with E-state index in [0.29, 0.717) is 13.1 Å². The molecule has 0 amide bonds. The molecular formula is C16H36N2O4S2. The van der Waals surface area contributed by atoms with E-state index >= 15 is 0 Å². The monoisotopic (exact) mass is 384 g/mol. The van der Waals surface area contributed by atoms with Crippen LogP contribution in [-0.2, 0) is 20.0 Å². The van der Waals surface area contributed by atoms with Crippen molar-refractivity contribution in [2.75, 3.05) is 25.6 Å². The van der Waals surface area contributed by atoms with Gasteiger partial charge in [0.15, 0.2) is 0 Å². The van der Waals surface area contributed by atoms with Gasteiger partial charge in [-0.25, -0.2) is 26.3 Å². The third-order valence-electron chi connectivity index (χ3n) is 3.83. The Kier molecular flexibility index (Phi) is 13.9. The van der Waals surface area contributed by atoms with Gasteiger partial charge in [0.1, 0.15) is 0 Å². The van der Waals surface area contributed by atoms with E-state index < -0.39 is 20.0 Å². The van der Waals surface area contributed by atoms with Gasteiger partial charge in [0.05, 0.1) is 12.5 Å². The first-order chi connectivity index (χ1) is 11.2. The molecule has 0 radical (unpaired) electrons. The second-order valence-electron chi connectivity index (χ2n) is 6.58. The average Bonchev–Trinajstić information content (AvgIpc) is 2.44. The molecule has 8 heteroatoms. The number of nitrogens with one attached hydrogen (secondary N) is 2. The zero-order valence-electron chi connectivity index (χ0n) is 15.3. The molecule has 0 spiro atoms. The van der Waals surface area contributed by atoms with Crippen molar-refractivity contribution in [1.82, 2.24) is 9.44 Å². The van der Waals surface area contributed by atoms with Crippen LogP contribution in [0.3, 0.4) is 0 Å². The number of rotatable bonds is 17. The molecule has 0 aromatic heterocycles. The zero-order valence-corrected chi connectivity index (χ0v) is 17.0. The van der Waals surface area contributed by atoms with E-state index in [2.05, 4.69) is 9.44 Å². The van der Waals surface area contributed by atoms with Crippen molar-refractivity contribution in [2.45, 2.75) is 77.0 Å². The van der Waals surface area contributed by atoms with Gasteiger partial charge in [-0.1, -0.05) is 64.2 Å². The predicted molar refractivity (Wildman–Crippen MR) is 101 cm³/mol. The van der Waals surface area contributed by atoms with Crippen LogP contribution in [0.15, 0.2) is 0 Å². The molecule has 0 aliphatic heterocycles. The zero-order chi connectivity index (χ0) is 18.3. The first-order valence-electron chi connectivity index (χ1n) is 9.10. The van der Waals surface area contributed by atoms with Crippen molar-refractivity contribution >= 4 is 20.0 Å². The van der Waals surface area contributed by atoms with E-state index in [1.807, 2.05) is 0 Å². The van der Waals surface area contributed by atoms with Crippen LogP contribution < -0.4 is 9.44 Å². The van der Waals surface area contributed by atoms with Crippen LogP contribution in [0.2, 0.25) is 0 Å². The Morgan fingerprint density at radius 2 is 0.667 bits per heavy atom. The molecule has 0 fully saturated rings. The summed E-state index contributed by atoms with van der Waals surface area (Å²) in [5, 5.41) is 0. The quantitative estimate of drug-likeness (QED) is 0.377. The van der Waals surface area contributed by atoms with Gasteiger partial charge < -0.3 is 0 Å². The first kappa shape index (κ1) is 23.8. The van der Waals surface area contributed by atoms with Gasteiger partial charge in [0.2, 0.25) is 20.0 Å². The molecule has 0 atom stereocenters. The fourth-order valence-corrected chi connectivity index (χ4v) is 3.56. The average molecular weight is 385 g/mol. The van der Waals surface area contributed by atoms with Crippen LogP contribution in [0.25, 0.3) is 0 Å². The Morgan fingerprint density at radius 1 is 0.458 bits per heavy atom. The van der Waals surface area contributed by atoms with E-state index in [-0.39, 0.29) is 0 Å². The predicted octanol–water partition coefficient (Wildman–Crippen LogP) is 2.77. The maximum atomic E-state index is 10.9. The summed E-state index contributed by atoms with van der Waals surface area (Å²) in [6.07, 6.45) is 16.3. The molecule has 0 rings (SSSR count). The molecule has 24 heavy (non-hydrogen) atoms. The van der Waals surface area contributed by atoms with Gasteiger partial charge in [-0.05, 0) is 12.8 Å². The number of hydrogen-bond acceptors (Lipinski definition) is 4. The third kappa shape index (κ3) is 21.8. The SMILES string of the molecule is CS(=O)(=O)NCCCCCCCCCCCCCCNS(C)(=O)=O. The minimum atomic E-state index is -3.03. The van der Waals surface area contributed by atoms with Crippen LogP contribution in [-0.4, -0.2) is 42.4 Å². The van der Waals surface area contributed by atoms with Crippen molar-refractivity contribution in [3.63, 3.8) is 0 Å². The lowest BCUT2D eigenvalue weighted by Crippen LogP contribution is -2.22. The summed E-state index contributed by atoms with van der Waals surface area (Å²) in [4.78, 5) is 0. The van der Waals surface area contributed by atoms with Gasteiger partial charge in [0.25, 0.3) is 0 Å². The Balaban J connectivity index is 3.13.